The van der Waals surface area contributed by atoms with Crippen LogP contribution in [-0.4, -0.2) is 6.54 Å². The maximum Gasteiger partial charge on any atom is 0.197 e. The summed E-state index contributed by atoms with van der Waals surface area (Å²) in [5, 5.41) is 4.00. The summed E-state index contributed by atoms with van der Waals surface area (Å²) in [7, 11) is 0. The third kappa shape index (κ3) is 3.60. The Labute approximate surface area is 124 Å². The number of hydrogen-bond donors (Lipinski definition) is 1. The van der Waals surface area contributed by atoms with Crippen molar-refractivity contribution in [3.8, 4) is 0 Å². The van der Waals surface area contributed by atoms with E-state index in [0.29, 0.717) is 5.22 Å². The number of thiophene rings is 1. The van der Waals surface area contributed by atoms with Crippen molar-refractivity contribution in [2.45, 2.75) is 25.8 Å². The van der Waals surface area contributed by atoms with Crippen LogP contribution >= 0.6 is 38.9 Å². The minimum absolute atomic E-state index is 0.210. The lowest BCUT2D eigenvalue weighted by Gasteiger charge is -2.16. The van der Waals surface area contributed by atoms with Crippen LogP contribution in [0.25, 0.3) is 0 Å². The average Bonchev–Trinajstić information content (AvgIpc) is 2.93. The summed E-state index contributed by atoms with van der Waals surface area (Å²) in [6.45, 7) is 3.13. The maximum absolute atomic E-state index is 6.07. The fourth-order valence-corrected chi connectivity index (χ4v) is 3.60. The second-order valence-electron chi connectivity index (χ2n) is 4.07. The van der Waals surface area contributed by atoms with Gasteiger partial charge in [-0.1, -0.05) is 6.92 Å². The van der Waals surface area contributed by atoms with Crippen molar-refractivity contribution in [2.75, 3.05) is 6.54 Å². The highest BCUT2D eigenvalue weighted by Gasteiger charge is 2.17. The molecule has 2 heterocycles. The van der Waals surface area contributed by atoms with E-state index in [9.17, 15) is 0 Å². The first-order valence-corrected chi connectivity index (χ1v) is 7.90. The first kappa shape index (κ1) is 14.1. The van der Waals surface area contributed by atoms with Gasteiger partial charge in [-0.05, 0) is 58.7 Å². The standard InChI is InChI=1S/C13H15BrClNOS/c1-2-6-16-11(10-5-7-17-13(10)15)8-9-3-4-12(14)18-9/h3-5,7,11,16H,2,6,8H2,1H3. The quantitative estimate of drug-likeness (QED) is 0.791. The fourth-order valence-electron chi connectivity index (χ4n) is 1.83. The van der Waals surface area contributed by atoms with Crippen LogP contribution in [-0.2, 0) is 6.42 Å². The molecule has 0 saturated heterocycles. The fraction of sp³-hybridized carbons (Fsp3) is 0.385. The van der Waals surface area contributed by atoms with E-state index in [-0.39, 0.29) is 6.04 Å². The number of nitrogens with one attached hydrogen (secondary N) is 1. The predicted molar refractivity (Wildman–Crippen MR) is 80.5 cm³/mol. The van der Waals surface area contributed by atoms with Crippen LogP contribution in [0.2, 0.25) is 5.22 Å². The van der Waals surface area contributed by atoms with Crippen LogP contribution in [0.3, 0.4) is 0 Å². The Morgan fingerprint density at radius 2 is 2.28 bits per heavy atom. The largest absolute Gasteiger partial charge is 0.453 e. The van der Waals surface area contributed by atoms with Crippen molar-refractivity contribution in [1.29, 1.82) is 0 Å². The van der Waals surface area contributed by atoms with Crippen LogP contribution in [0, 0.1) is 0 Å². The number of halogens is 2. The molecule has 0 radical (unpaired) electrons. The lowest BCUT2D eigenvalue weighted by Crippen LogP contribution is -2.23. The van der Waals surface area contributed by atoms with E-state index in [1.165, 1.54) is 4.88 Å². The Balaban J connectivity index is 2.12. The Hall–Kier alpha value is -0.290. The van der Waals surface area contributed by atoms with Crippen LogP contribution in [0.1, 0.15) is 29.8 Å². The van der Waals surface area contributed by atoms with Crippen molar-refractivity contribution >= 4 is 38.9 Å². The van der Waals surface area contributed by atoms with Gasteiger partial charge in [0, 0.05) is 22.9 Å². The van der Waals surface area contributed by atoms with E-state index in [4.69, 9.17) is 16.0 Å². The van der Waals surface area contributed by atoms with Gasteiger partial charge in [0.25, 0.3) is 0 Å². The number of furan rings is 1. The molecule has 1 N–H and O–H groups in total. The highest BCUT2D eigenvalue weighted by molar-refractivity contribution is 9.11. The van der Waals surface area contributed by atoms with E-state index in [1.54, 1.807) is 17.6 Å². The van der Waals surface area contributed by atoms with Gasteiger partial charge in [0.2, 0.25) is 0 Å². The highest BCUT2D eigenvalue weighted by atomic mass is 79.9. The van der Waals surface area contributed by atoms with Gasteiger partial charge >= 0.3 is 0 Å². The highest BCUT2D eigenvalue weighted by Crippen LogP contribution is 2.30. The molecule has 18 heavy (non-hydrogen) atoms. The van der Waals surface area contributed by atoms with E-state index >= 15 is 0 Å². The lowest BCUT2D eigenvalue weighted by atomic mass is 10.1. The zero-order valence-electron chi connectivity index (χ0n) is 10.1. The van der Waals surface area contributed by atoms with Gasteiger partial charge in [-0.3, -0.25) is 0 Å². The smallest absolute Gasteiger partial charge is 0.197 e. The summed E-state index contributed by atoms with van der Waals surface area (Å²) in [5.41, 5.74) is 1.04. The van der Waals surface area contributed by atoms with E-state index in [2.05, 4.69) is 40.3 Å². The molecule has 0 aliphatic carbocycles. The molecular formula is C13H15BrClNOS. The van der Waals surface area contributed by atoms with Gasteiger partial charge in [0.15, 0.2) is 5.22 Å². The summed E-state index contributed by atoms with van der Waals surface area (Å²) in [4.78, 5) is 1.33. The van der Waals surface area contributed by atoms with Crippen molar-refractivity contribution in [3.05, 3.63) is 43.9 Å². The molecule has 2 aromatic heterocycles. The molecule has 2 nitrogen and oxygen atoms in total. The van der Waals surface area contributed by atoms with Crippen LogP contribution in [0.5, 0.6) is 0 Å². The van der Waals surface area contributed by atoms with E-state index < -0.39 is 0 Å². The molecule has 0 aromatic carbocycles. The van der Waals surface area contributed by atoms with Crippen molar-refractivity contribution in [2.24, 2.45) is 0 Å². The second kappa shape index (κ2) is 6.75. The topological polar surface area (TPSA) is 25.2 Å². The summed E-state index contributed by atoms with van der Waals surface area (Å²) in [6, 6.07) is 6.37. The van der Waals surface area contributed by atoms with Crippen LogP contribution in [0.15, 0.2) is 32.7 Å². The van der Waals surface area contributed by atoms with Gasteiger partial charge in [-0.25, -0.2) is 0 Å². The molecule has 0 saturated carbocycles. The summed E-state index contributed by atoms with van der Waals surface area (Å²) >= 11 is 11.3. The number of hydrogen-bond acceptors (Lipinski definition) is 3. The molecule has 0 aliphatic rings. The van der Waals surface area contributed by atoms with Gasteiger partial charge in [-0.2, -0.15) is 0 Å². The molecule has 0 bridgehead atoms. The Bertz CT molecular complexity index is 497. The van der Waals surface area contributed by atoms with E-state index in [1.807, 2.05) is 6.07 Å². The second-order valence-corrected chi connectivity index (χ2v) is 6.96. The first-order chi connectivity index (χ1) is 8.70. The third-order valence-corrected chi connectivity index (χ3v) is 4.65. The van der Waals surface area contributed by atoms with Gasteiger partial charge in [0.1, 0.15) is 0 Å². The summed E-state index contributed by atoms with van der Waals surface area (Å²) in [6.07, 6.45) is 3.66. The molecule has 1 atom stereocenters. The molecule has 0 spiro atoms. The maximum atomic E-state index is 6.07. The minimum atomic E-state index is 0.210. The Kier molecular flexibility index (Phi) is 5.30. The van der Waals surface area contributed by atoms with Gasteiger partial charge in [-0.15, -0.1) is 11.3 Å². The van der Waals surface area contributed by atoms with Crippen molar-refractivity contribution in [3.63, 3.8) is 0 Å². The van der Waals surface area contributed by atoms with Gasteiger partial charge < -0.3 is 9.73 Å². The molecule has 98 valence electrons. The molecule has 5 heteroatoms. The monoisotopic (exact) mass is 347 g/mol. The Morgan fingerprint density at radius 3 is 2.83 bits per heavy atom. The average molecular weight is 349 g/mol. The molecule has 2 rings (SSSR count). The molecule has 0 fully saturated rings. The van der Waals surface area contributed by atoms with Crippen molar-refractivity contribution < 1.29 is 4.42 Å². The molecule has 0 aliphatic heterocycles. The third-order valence-electron chi connectivity index (χ3n) is 2.70. The normalized spacial score (nSPS) is 12.8. The zero-order chi connectivity index (χ0) is 13.0. The van der Waals surface area contributed by atoms with Crippen LogP contribution < -0.4 is 5.32 Å². The SMILES string of the molecule is CCCNC(Cc1ccc(Br)s1)c1ccoc1Cl. The van der Waals surface area contributed by atoms with Crippen molar-refractivity contribution in [1.82, 2.24) is 5.32 Å². The summed E-state index contributed by atoms with van der Waals surface area (Å²) < 4.78 is 6.35. The molecule has 1 unspecified atom stereocenters. The molecule has 0 amide bonds. The molecular weight excluding hydrogens is 334 g/mol. The van der Waals surface area contributed by atoms with Crippen LogP contribution in [0.4, 0.5) is 0 Å². The van der Waals surface area contributed by atoms with E-state index in [0.717, 1.165) is 28.7 Å². The predicted octanol–water partition coefficient (Wildman–Crippen LogP) is 5.04. The molecule has 2 aromatic rings. The minimum Gasteiger partial charge on any atom is -0.453 e. The number of rotatable bonds is 6. The Morgan fingerprint density at radius 1 is 1.44 bits per heavy atom. The first-order valence-electron chi connectivity index (χ1n) is 5.91. The zero-order valence-corrected chi connectivity index (χ0v) is 13.2. The lowest BCUT2D eigenvalue weighted by molar-refractivity contribution is 0.515. The summed E-state index contributed by atoms with van der Waals surface area (Å²) in [5.74, 6) is 0. The van der Waals surface area contributed by atoms with Gasteiger partial charge in [0.05, 0.1) is 10.0 Å².